The molecule has 2 aromatic rings. The number of aromatic nitrogens is 2. The highest BCUT2D eigenvalue weighted by molar-refractivity contribution is 7.92. The number of likely N-dealkylation sites (tertiary alicyclic amines) is 1. The lowest BCUT2D eigenvalue weighted by atomic mass is 9.63. The Kier molecular flexibility index (Phi) is 8.80. The van der Waals surface area contributed by atoms with E-state index < -0.39 is 38.0 Å². The summed E-state index contributed by atoms with van der Waals surface area (Å²) in [7, 11) is -3.62. The normalized spacial score (nSPS) is 24.1. The number of aliphatic hydroxyl groups is 1. The number of alkyl halides is 3. The highest BCUT2D eigenvalue weighted by atomic mass is 32.2. The number of ether oxygens (including phenoxy) is 1. The van der Waals surface area contributed by atoms with E-state index in [1.54, 1.807) is 30.9 Å². The molecule has 1 aliphatic carbocycles. The number of anilines is 3. The largest absolute Gasteiger partial charge is 0.444 e. The maximum absolute atomic E-state index is 13.9. The van der Waals surface area contributed by atoms with Crippen molar-refractivity contribution in [3.63, 3.8) is 0 Å². The molecule has 1 spiro atoms. The van der Waals surface area contributed by atoms with Crippen molar-refractivity contribution in [1.29, 1.82) is 0 Å². The summed E-state index contributed by atoms with van der Waals surface area (Å²) in [5.74, 6) is -0.439. The number of carbonyl (C=O) groups is 1. The Morgan fingerprint density at radius 2 is 1.78 bits per heavy atom. The Bertz CT molecular complexity index is 1580. The van der Waals surface area contributed by atoms with Crippen LogP contribution in [0.15, 0.2) is 29.3 Å². The van der Waals surface area contributed by atoms with Crippen LogP contribution in [0, 0.1) is 18.3 Å². The first-order valence-corrected chi connectivity index (χ1v) is 17.2. The molecule has 2 atom stereocenters. The lowest BCUT2D eigenvalue weighted by molar-refractivity contribution is -0.137. The van der Waals surface area contributed by atoms with Gasteiger partial charge in [-0.1, -0.05) is 6.92 Å². The molecule has 0 bridgehead atoms. The Hall–Kier alpha value is -3.13. The van der Waals surface area contributed by atoms with Crippen molar-refractivity contribution < 1.29 is 36.2 Å². The monoisotopic (exact) mass is 667 g/mol. The Morgan fingerprint density at radius 1 is 1.13 bits per heavy atom. The van der Waals surface area contributed by atoms with Gasteiger partial charge in [0, 0.05) is 38.1 Å². The number of β-amino-alcohol motifs (C(OH)–C–C–N with tert-alkyl or cyclic N) is 1. The van der Waals surface area contributed by atoms with Gasteiger partial charge in [0.25, 0.3) is 0 Å². The number of hydrogen-bond acceptors (Lipinski definition) is 9. The zero-order valence-electron chi connectivity index (χ0n) is 27.2. The summed E-state index contributed by atoms with van der Waals surface area (Å²) in [4.78, 5) is 23.9. The number of halogens is 3. The van der Waals surface area contributed by atoms with E-state index in [1.807, 2.05) is 27.7 Å². The van der Waals surface area contributed by atoms with Gasteiger partial charge in [-0.15, -0.1) is 0 Å². The number of benzene rings is 1. The van der Waals surface area contributed by atoms with Gasteiger partial charge in [0.2, 0.25) is 5.95 Å². The van der Waals surface area contributed by atoms with E-state index >= 15 is 0 Å². The molecular formula is C32H44F3N5O5S. The zero-order valence-corrected chi connectivity index (χ0v) is 28.1. The van der Waals surface area contributed by atoms with Crippen molar-refractivity contribution in [1.82, 2.24) is 14.9 Å². The second-order valence-corrected chi connectivity index (χ2v) is 17.0. The van der Waals surface area contributed by atoms with Crippen LogP contribution in [0.2, 0.25) is 0 Å². The highest BCUT2D eigenvalue weighted by Crippen LogP contribution is 2.53. The number of piperidine rings is 2. The third kappa shape index (κ3) is 7.37. The van der Waals surface area contributed by atoms with Crippen molar-refractivity contribution in [3.8, 4) is 0 Å². The number of nitrogens with one attached hydrogen (secondary N) is 1. The quantitative estimate of drug-likeness (QED) is 0.389. The molecule has 3 aliphatic rings. The lowest BCUT2D eigenvalue weighted by Gasteiger charge is -2.51. The second kappa shape index (κ2) is 11.8. The van der Waals surface area contributed by atoms with Gasteiger partial charge in [0.1, 0.15) is 17.0 Å². The fourth-order valence-corrected chi connectivity index (χ4v) is 9.19. The number of sulfone groups is 1. The predicted octanol–water partition coefficient (Wildman–Crippen LogP) is 6.10. The Balaban J connectivity index is 1.27. The van der Waals surface area contributed by atoms with Gasteiger partial charge in [-0.3, -0.25) is 0 Å². The van der Waals surface area contributed by atoms with Crippen molar-refractivity contribution in [3.05, 3.63) is 35.5 Å². The average Bonchev–Trinajstić information content (AvgIpc) is 2.90. The first kappa shape index (κ1) is 34.2. The Morgan fingerprint density at radius 3 is 2.35 bits per heavy atom. The van der Waals surface area contributed by atoms with E-state index in [0.29, 0.717) is 50.1 Å². The molecule has 2 unspecified atom stereocenters. The fourth-order valence-electron chi connectivity index (χ4n) is 7.06. The average molecular weight is 668 g/mol. The summed E-state index contributed by atoms with van der Waals surface area (Å²) < 4.78 is 74.4. The van der Waals surface area contributed by atoms with Gasteiger partial charge >= 0.3 is 12.3 Å². The molecule has 3 fully saturated rings. The van der Waals surface area contributed by atoms with Crippen molar-refractivity contribution in [2.45, 2.75) is 101 Å². The van der Waals surface area contributed by atoms with Crippen LogP contribution in [0.1, 0.15) is 77.8 Å². The van der Waals surface area contributed by atoms with Crippen LogP contribution >= 0.6 is 0 Å². The molecule has 1 saturated carbocycles. The minimum Gasteiger partial charge on any atom is -0.444 e. The van der Waals surface area contributed by atoms with Crippen LogP contribution in [-0.2, 0) is 20.8 Å². The standard InChI is InChI=1S/C32H44F3N5O5S/c1-20-14-30(6,42)19-40(18-20)26-24(32(33,34)35)17-36-27(38-26)37-25-8-7-22(13-21(25)2)46(43,44)23-15-31(16-23)9-11-39(12-10-31)28(41)45-29(3,4)5/h7-8,13,17,20,23,42H,9-12,14-16,18-19H2,1-6H3,(H,36,37,38). The summed E-state index contributed by atoms with van der Waals surface area (Å²) in [6.45, 7) is 12.0. The number of amides is 1. The molecular weight excluding hydrogens is 623 g/mol. The molecule has 1 amide bonds. The van der Waals surface area contributed by atoms with E-state index in [-0.39, 0.29) is 40.6 Å². The third-order valence-electron chi connectivity index (χ3n) is 9.23. The lowest BCUT2D eigenvalue weighted by Crippen LogP contribution is -2.53. The number of carbonyl (C=O) groups excluding carboxylic acids is 1. The first-order chi connectivity index (χ1) is 21.2. The van der Waals surface area contributed by atoms with E-state index in [4.69, 9.17) is 4.74 Å². The van der Waals surface area contributed by atoms with Crippen molar-refractivity contribution in [2.75, 3.05) is 36.4 Å². The zero-order chi connectivity index (χ0) is 33.9. The highest BCUT2D eigenvalue weighted by Gasteiger charge is 2.51. The van der Waals surface area contributed by atoms with Crippen LogP contribution in [0.25, 0.3) is 0 Å². The molecule has 0 radical (unpaired) electrons. The molecule has 14 heteroatoms. The van der Waals surface area contributed by atoms with Crippen LogP contribution in [0.4, 0.5) is 35.4 Å². The van der Waals surface area contributed by atoms with E-state index in [1.165, 1.54) is 11.0 Å². The number of nitrogens with zero attached hydrogens (tertiary/aromatic N) is 4. The SMILES string of the molecule is Cc1cc(S(=O)(=O)C2CC3(CCN(C(=O)OC(C)(C)C)CC3)C2)ccc1Nc1ncc(C(F)(F)F)c(N2CC(C)CC(C)(O)C2)n1. The van der Waals surface area contributed by atoms with Crippen LogP contribution in [0.3, 0.4) is 0 Å². The van der Waals surface area contributed by atoms with Gasteiger partial charge in [0.05, 0.1) is 15.7 Å². The second-order valence-electron chi connectivity index (χ2n) is 14.8. The molecule has 1 aromatic carbocycles. The molecule has 2 N–H and O–H groups in total. The minimum atomic E-state index is -4.69. The summed E-state index contributed by atoms with van der Waals surface area (Å²) >= 11 is 0. The van der Waals surface area contributed by atoms with Crippen LogP contribution in [0.5, 0.6) is 0 Å². The van der Waals surface area contributed by atoms with Crippen LogP contribution < -0.4 is 10.2 Å². The molecule has 46 heavy (non-hydrogen) atoms. The summed E-state index contributed by atoms with van der Waals surface area (Å²) in [6, 6.07) is 4.63. The molecule has 1 aromatic heterocycles. The van der Waals surface area contributed by atoms with E-state index in [9.17, 15) is 31.5 Å². The number of aryl methyl sites for hydroxylation is 1. The molecule has 254 valence electrons. The fraction of sp³-hybridized carbons (Fsp3) is 0.656. The van der Waals surface area contributed by atoms with Gasteiger partial charge in [-0.05, 0) is 102 Å². The molecule has 10 nitrogen and oxygen atoms in total. The maximum atomic E-state index is 13.9. The van der Waals surface area contributed by atoms with Gasteiger partial charge in [0.15, 0.2) is 9.84 Å². The maximum Gasteiger partial charge on any atom is 0.421 e. The van der Waals surface area contributed by atoms with Gasteiger partial charge in [-0.25, -0.2) is 18.2 Å². The van der Waals surface area contributed by atoms with Crippen LogP contribution in [-0.4, -0.2) is 77.1 Å². The Labute approximate surface area is 268 Å². The third-order valence-corrected chi connectivity index (χ3v) is 11.4. The molecule has 5 rings (SSSR count). The van der Waals surface area contributed by atoms with Gasteiger partial charge < -0.3 is 25.0 Å². The smallest absolute Gasteiger partial charge is 0.421 e. The minimum absolute atomic E-state index is 0.00704. The topological polar surface area (TPSA) is 125 Å². The van der Waals surface area contributed by atoms with E-state index in [0.717, 1.165) is 19.0 Å². The molecule has 2 saturated heterocycles. The molecule has 2 aliphatic heterocycles. The number of hydrogen-bond donors (Lipinski definition) is 2. The summed E-state index contributed by atoms with van der Waals surface area (Å²) in [5.41, 5.74) is -1.81. The summed E-state index contributed by atoms with van der Waals surface area (Å²) in [6.07, 6.45) is -1.33. The van der Waals surface area contributed by atoms with Crippen molar-refractivity contribution >= 4 is 33.4 Å². The van der Waals surface area contributed by atoms with Gasteiger partial charge in [-0.2, -0.15) is 18.2 Å². The van der Waals surface area contributed by atoms with E-state index in [2.05, 4.69) is 15.3 Å². The molecule has 3 heterocycles. The predicted molar refractivity (Wildman–Crippen MR) is 168 cm³/mol. The number of rotatable bonds is 5. The van der Waals surface area contributed by atoms with Crippen molar-refractivity contribution in [2.24, 2.45) is 11.3 Å². The first-order valence-electron chi connectivity index (χ1n) is 15.7. The summed E-state index contributed by atoms with van der Waals surface area (Å²) in [5, 5.41) is 13.1.